The van der Waals surface area contributed by atoms with Gasteiger partial charge in [0.25, 0.3) is 0 Å². The van der Waals surface area contributed by atoms with Crippen molar-refractivity contribution in [2.24, 2.45) is 0 Å². The third-order valence-electron chi connectivity index (χ3n) is 2.85. The van der Waals surface area contributed by atoms with E-state index < -0.39 is 0 Å². The summed E-state index contributed by atoms with van der Waals surface area (Å²) in [6.07, 6.45) is 3.38. The lowest BCUT2D eigenvalue weighted by molar-refractivity contribution is 0.662. The molecule has 0 radical (unpaired) electrons. The number of nitrogens with zero attached hydrogens (tertiary/aromatic N) is 6. The van der Waals surface area contributed by atoms with Crippen LogP contribution in [0.25, 0.3) is 16.9 Å². The first-order chi connectivity index (χ1) is 9.28. The van der Waals surface area contributed by atoms with Gasteiger partial charge in [-0.15, -0.1) is 5.10 Å². The van der Waals surface area contributed by atoms with Gasteiger partial charge in [-0.2, -0.15) is 5.10 Å². The highest BCUT2D eigenvalue weighted by Gasteiger charge is 2.09. The number of benzene rings is 1. The van der Waals surface area contributed by atoms with Crippen LogP contribution in [0.5, 0.6) is 0 Å². The molecule has 0 spiro atoms. The van der Waals surface area contributed by atoms with Gasteiger partial charge in [0.2, 0.25) is 0 Å². The number of aryl methyl sites for hydroxylation is 1. The first-order valence-corrected chi connectivity index (χ1v) is 5.94. The van der Waals surface area contributed by atoms with E-state index in [1.165, 1.54) is 0 Å². The Balaban J connectivity index is 2.06. The molecule has 2 N–H and O–H groups in total. The highest BCUT2D eigenvalue weighted by Crippen LogP contribution is 2.25. The van der Waals surface area contributed by atoms with Crippen LogP contribution in [0.1, 0.15) is 6.92 Å². The van der Waals surface area contributed by atoms with Crippen LogP contribution in [0.15, 0.2) is 36.8 Å². The number of anilines is 1. The summed E-state index contributed by atoms with van der Waals surface area (Å²) in [7, 11) is 0. The zero-order chi connectivity index (χ0) is 13.2. The smallest absolute Gasteiger partial charge is 0.143 e. The predicted molar refractivity (Wildman–Crippen MR) is 70.5 cm³/mol. The second kappa shape index (κ2) is 4.52. The first kappa shape index (κ1) is 11.4. The summed E-state index contributed by atoms with van der Waals surface area (Å²) < 4.78 is 3.41. The molecule has 3 rings (SSSR count). The van der Waals surface area contributed by atoms with Crippen molar-refractivity contribution >= 4 is 5.69 Å². The average molecular weight is 255 g/mol. The van der Waals surface area contributed by atoms with E-state index in [4.69, 9.17) is 5.73 Å². The number of hydrogen-bond donors (Lipinski definition) is 1. The van der Waals surface area contributed by atoms with Gasteiger partial charge in [0.1, 0.15) is 12.0 Å². The number of nitrogens with two attached hydrogens (primary N) is 1. The number of nitrogen functional groups attached to an aromatic ring is 1. The van der Waals surface area contributed by atoms with Gasteiger partial charge < -0.3 is 5.73 Å². The zero-order valence-corrected chi connectivity index (χ0v) is 10.4. The summed E-state index contributed by atoms with van der Waals surface area (Å²) in [4.78, 5) is 0. The Morgan fingerprint density at radius 2 is 2.21 bits per heavy atom. The van der Waals surface area contributed by atoms with Crippen LogP contribution in [-0.4, -0.2) is 30.0 Å². The molecule has 0 aliphatic rings. The molecule has 0 saturated carbocycles. The van der Waals surface area contributed by atoms with Crippen molar-refractivity contribution in [3.05, 3.63) is 36.8 Å². The van der Waals surface area contributed by atoms with Crippen molar-refractivity contribution in [3.63, 3.8) is 0 Å². The van der Waals surface area contributed by atoms with Crippen LogP contribution in [0.2, 0.25) is 0 Å². The average Bonchev–Trinajstić information content (AvgIpc) is 3.08. The maximum atomic E-state index is 5.99. The molecule has 7 heteroatoms. The van der Waals surface area contributed by atoms with Gasteiger partial charge in [0.15, 0.2) is 0 Å². The second-order valence-corrected chi connectivity index (χ2v) is 4.09. The molecule has 7 nitrogen and oxygen atoms in total. The Bertz CT molecular complexity index is 684. The molecular formula is C12H13N7. The summed E-state index contributed by atoms with van der Waals surface area (Å²) in [5.41, 5.74) is 9.24. The zero-order valence-electron chi connectivity index (χ0n) is 10.4. The lowest BCUT2D eigenvalue weighted by Crippen LogP contribution is -1.96. The van der Waals surface area contributed by atoms with E-state index in [1.807, 2.05) is 42.1 Å². The fraction of sp³-hybridized carbons (Fsp3) is 0.167. The predicted octanol–water partition coefficient (Wildman–Crippen LogP) is 1.13. The van der Waals surface area contributed by atoms with Crippen molar-refractivity contribution in [2.45, 2.75) is 13.5 Å². The SMILES string of the molecule is CCn1cc(N)c(-c2cccc(-n3cnnn3)c2)n1. The van der Waals surface area contributed by atoms with E-state index in [0.29, 0.717) is 5.69 Å². The lowest BCUT2D eigenvalue weighted by atomic mass is 10.1. The maximum Gasteiger partial charge on any atom is 0.143 e. The summed E-state index contributed by atoms with van der Waals surface area (Å²) in [6.45, 7) is 2.81. The molecule has 0 saturated heterocycles. The second-order valence-electron chi connectivity index (χ2n) is 4.09. The lowest BCUT2D eigenvalue weighted by Gasteiger charge is -2.03. The summed E-state index contributed by atoms with van der Waals surface area (Å²) in [5.74, 6) is 0. The van der Waals surface area contributed by atoms with E-state index in [1.54, 1.807) is 11.0 Å². The van der Waals surface area contributed by atoms with E-state index in [-0.39, 0.29) is 0 Å². The molecule has 96 valence electrons. The molecule has 0 unspecified atom stereocenters. The Labute approximate surface area is 109 Å². The van der Waals surface area contributed by atoms with Crippen molar-refractivity contribution in [2.75, 3.05) is 5.73 Å². The molecule has 19 heavy (non-hydrogen) atoms. The van der Waals surface area contributed by atoms with E-state index in [2.05, 4.69) is 20.6 Å². The quantitative estimate of drug-likeness (QED) is 0.758. The monoisotopic (exact) mass is 255 g/mol. The van der Waals surface area contributed by atoms with Gasteiger partial charge in [-0.1, -0.05) is 12.1 Å². The molecule has 2 heterocycles. The van der Waals surface area contributed by atoms with Crippen LogP contribution in [0.3, 0.4) is 0 Å². The van der Waals surface area contributed by atoms with Gasteiger partial charge >= 0.3 is 0 Å². The summed E-state index contributed by atoms with van der Waals surface area (Å²) >= 11 is 0. The molecule has 0 aliphatic heterocycles. The summed E-state index contributed by atoms with van der Waals surface area (Å²) in [6, 6.07) is 7.77. The highest BCUT2D eigenvalue weighted by atomic mass is 15.5. The van der Waals surface area contributed by atoms with Crippen molar-refractivity contribution < 1.29 is 0 Å². The fourth-order valence-corrected chi connectivity index (χ4v) is 1.90. The molecule has 0 amide bonds. The molecule has 1 aromatic carbocycles. The maximum absolute atomic E-state index is 5.99. The highest BCUT2D eigenvalue weighted by molar-refractivity contribution is 5.73. The van der Waals surface area contributed by atoms with E-state index in [9.17, 15) is 0 Å². The van der Waals surface area contributed by atoms with Crippen LogP contribution in [0.4, 0.5) is 5.69 Å². The standard InChI is InChI=1S/C12H13N7/c1-2-18-7-11(13)12(15-18)9-4-3-5-10(6-9)19-8-14-16-17-19/h3-8H,2,13H2,1H3. The fourth-order valence-electron chi connectivity index (χ4n) is 1.90. The van der Waals surface area contributed by atoms with Crippen LogP contribution >= 0.6 is 0 Å². The van der Waals surface area contributed by atoms with Crippen molar-refractivity contribution in [1.29, 1.82) is 0 Å². The van der Waals surface area contributed by atoms with Gasteiger partial charge in [-0.3, -0.25) is 4.68 Å². The first-order valence-electron chi connectivity index (χ1n) is 5.94. The molecule has 0 aliphatic carbocycles. The minimum absolute atomic E-state index is 0.663. The normalized spacial score (nSPS) is 10.8. The largest absolute Gasteiger partial charge is 0.396 e. The minimum Gasteiger partial charge on any atom is -0.396 e. The van der Waals surface area contributed by atoms with Crippen molar-refractivity contribution in [1.82, 2.24) is 30.0 Å². The molecule has 3 aromatic rings. The molecule has 0 atom stereocenters. The summed E-state index contributed by atoms with van der Waals surface area (Å²) in [5, 5.41) is 15.6. The Morgan fingerprint density at radius 3 is 2.89 bits per heavy atom. The van der Waals surface area contributed by atoms with E-state index in [0.717, 1.165) is 23.5 Å². The van der Waals surface area contributed by atoms with Crippen molar-refractivity contribution in [3.8, 4) is 16.9 Å². The van der Waals surface area contributed by atoms with Crippen LogP contribution in [-0.2, 0) is 6.54 Å². The van der Waals surface area contributed by atoms with Crippen LogP contribution in [0, 0.1) is 0 Å². The number of hydrogen-bond acceptors (Lipinski definition) is 5. The van der Waals surface area contributed by atoms with Gasteiger partial charge in [-0.05, 0) is 29.5 Å². The van der Waals surface area contributed by atoms with E-state index >= 15 is 0 Å². The van der Waals surface area contributed by atoms with Gasteiger partial charge in [0.05, 0.1) is 11.4 Å². The molecule has 0 bridgehead atoms. The third kappa shape index (κ3) is 2.05. The molecule has 2 aromatic heterocycles. The van der Waals surface area contributed by atoms with Gasteiger partial charge in [-0.25, -0.2) is 4.68 Å². The minimum atomic E-state index is 0.663. The molecular weight excluding hydrogens is 242 g/mol. The Hall–Kier alpha value is -2.70. The Morgan fingerprint density at radius 1 is 1.32 bits per heavy atom. The Kier molecular flexibility index (Phi) is 2.71. The van der Waals surface area contributed by atoms with Crippen LogP contribution < -0.4 is 5.73 Å². The molecule has 0 fully saturated rings. The van der Waals surface area contributed by atoms with Gasteiger partial charge in [0, 0.05) is 18.3 Å². The number of rotatable bonds is 3. The topological polar surface area (TPSA) is 87.4 Å². The third-order valence-corrected chi connectivity index (χ3v) is 2.85. The number of aromatic nitrogens is 6. The number of tetrazole rings is 1.